The third-order valence-corrected chi connectivity index (χ3v) is 6.07. The fraction of sp³-hybridized carbons (Fsp3) is 0.696. The molecule has 0 unspecified atom stereocenters. The van der Waals surface area contributed by atoms with E-state index in [-0.39, 0.29) is 6.03 Å². The quantitative estimate of drug-likeness (QED) is 0.631. The second-order valence-electron chi connectivity index (χ2n) is 8.46. The van der Waals surface area contributed by atoms with Crippen molar-refractivity contribution in [3.63, 3.8) is 0 Å². The third kappa shape index (κ3) is 7.96. The Morgan fingerprint density at radius 2 is 1.69 bits per heavy atom. The molecule has 1 atom stereocenters. The number of likely N-dealkylation sites (N-methyl/N-ethyl adjacent to an activating group) is 2. The van der Waals surface area contributed by atoms with E-state index in [1.54, 1.807) is 0 Å². The van der Waals surface area contributed by atoms with Gasteiger partial charge in [-0.25, -0.2) is 4.79 Å². The first-order chi connectivity index (χ1) is 13.9. The van der Waals surface area contributed by atoms with Gasteiger partial charge in [-0.15, -0.1) is 0 Å². The van der Waals surface area contributed by atoms with Crippen LogP contribution in [0.1, 0.15) is 33.3 Å². The lowest BCUT2D eigenvalue weighted by molar-refractivity contribution is 0.0890. The smallest absolute Gasteiger partial charge is 0.319 e. The lowest BCUT2D eigenvalue weighted by Gasteiger charge is -2.39. The van der Waals surface area contributed by atoms with Crippen LogP contribution in [0, 0.1) is 5.92 Å². The standard InChI is InChI=1S/C23H41N5O/c1-6-27(7-2)13-12-20-8-10-21(11-9-20)25-23(29)24-18-22(19(3)4)28-16-14-26(5)15-17-28/h8-11,19,22H,6-7,12-18H2,1-5H3,(H2,24,25,29)/t22-/m0/s1. The van der Waals surface area contributed by atoms with E-state index in [1.165, 1.54) is 5.56 Å². The summed E-state index contributed by atoms with van der Waals surface area (Å²) in [6, 6.07) is 8.47. The van der Waals surface area contributed by atoms with Crippen LogP contribution < -0.4 is 10.6 Å². The van der Waals surface area contributed by atoms with Crippen molar-refractivity contribution in [2.75, 3.05) is 64.7 Å². The summed E-state index contributed by atoms with van der Waals surface area (Å²) in [5, 5.41) is 6.05. The van der Waals surface area contributed by atoms with Crippen LogP contribution in [0.3, 0.4) is 0 Å². The summed E-state index contributed by atoms with van der Waals surface area (Å²) >= 11 is 0. The molecule has 1 saturated heterocycles. The van der Waals surface area contributed by atoms with Crippen molar-refractivity contribution in [1.82, 2.24) is 20.0 Å². The molecule has 1 aromatic carbocycles. The zero-order chi connectivity index (χ0) is 21.2. The van der Waals surface area contributed by atoms with Crippen molar-refractivity contribution in [3.05, 3.63) is 29.8 Å². The van der Waals surface area contributed by atoms with Crippen LogP contribution in [0.15, 0.2) is 24.3 Å². The van der Waals surface area contributed by atoms with Crippen LogP contribution in [-0.2, 0) is 6.42 Å². The maximum atomic E-state index is 12.4. The minimum absolute atomic E-state index is 0.124. The molecule has 6 nitrogen and oxygen atoms in total. The maximum Gasteiger partial charge on any atom is 0.319 e. The van der Waals surface area contributed by atoms with Gasteiger partial charge in [0.2, 0.25) is 0 Å². The number of urea groups is 1. The Hall–Kier alpha value is -1.63. The predicted molar refractivity (Wildman–Crippen MR) is 123 cm³/mol. The number of rotatable bonds is 10. The number of benzene rings is 1. The van der Waals surface area contributed by atoms with Gasteiger partial charge in [0.05, 0.1) is 0 Å². The molecule has 29 heavy (non-hydrogen) atoms. The van der Waals surface area contributed by atoms with Crippen LogP contribution in [0.25, 0.3) is 0 Å². The summed E-state index contributed by atoms with van der Waals surface area (Å²) in [6.07, 6.45) is 1.04. The summed E-state index contributed by atoms with van der Waals surface area (Å²) in [4.78, 5) is 19.7. The van der Waals surface area contributed by atoms with E-state index >= 15 is 0 Å². The molecule has 0 bridgehead atoms. The normalized spacial score (nSPS) is 16.9. The molecule has 2 amide bonds. The average molecular weight is 404 g/mol. The molecular formula is C23H41N5O. The predicted octanol–water partition coefficient (Wildman–Crippen LogP) is 2.96. The zero-order valence-corrected chi connectivity index (χ0v) is 19.1. The van der Waals surface area contributed by atoms with Gasteiger partial charge in [0.25, 0.3) is 0 Å². The summed E-state index contributed by atoms with van der Waals surface area (Å²) in [6.45, 7) is 17.1. The lowest BCUT2D eigenvalue weighted by atomic mass is 10.0. The van der Waals surface area contributed by atoms with Gasteiger partial charge in [0, 0.05) is 51.0 Å². The van der Waals surface area contributed by atoms with Gasteiger partial charge < -0.3 is 20.4 Å². The van der Waals surface area contributed by atoms with Crippen LogP contribution in [-0.4, -0.2) is 86.2 Å². The minimum atomic E-state index is -0.124. The number of hydrogen-bond acceptors (Lipinski definition) is 4. The number of anilines is 1. The highest BCUT2D eigenvalue weighted by molar-refractivity contribution is 5.89. The molecule has 1 aliphatic rings. The Labute approximate surface area is 177 Å². The summed E-state index contributed by atoms with van der Waals surface area (Å²) in [5.41, 5.74) is 2.15. The Kier molecular flexibility index (Phi) is 9.91. The first-order valence-electron chi connectivity index (χ1n) is 11.2. The van der Waals surface area contributed by atoms with E-state index in [9.17, 15) is 4.79 Å². The first kappa shape index (κ1) is 23.6. The molecule has 1 aromatic rings. The number of nitrogens with zero attached hydrogens (tertiary/aromatic N) is 3. The Morgan fingerprint density at radius 3 is 2.24 bits per heavy atom. The number of piperazine rings is 1. The molecule has 1 fully saturated rings. The molecule has 0 spiro atoms. The third-order valence-electron chi connectivity index (χ3n) is 6.07. The molecule has 6 heteroatoms. The Balaban J connectivity index is 1.78. The van der Waals surface area contributed by atoms with Gasteiger partial charge in [0.15, 0.2) is 0 Å². The number of nitrogens with one attached hydrogen (secondary N) is 2. The fourth-order valence-corrected chi connectivity index (χ4v) is 3.89. The van der Waals surface area contributed by atoms with E-state index < -0.39 is 0 Å². The van der Waals surface area contributed by atoms with Crippen LogP contribution in [0.2, 0.25) is 0 Å². The average Bonchev–Trinajstić information content (AvgIpc) is 2.71. The van der Waals surface area contributed by atoms with E-state index in [1.807, 2.05) is 12.1 Å². The first-order valence-corrected chi connectivity index (χ1v) is 11.2. The number of hydrogen-bond donors (Lipinski definition) is 2. The minimum Gasteiger partial charge on any atom is -0.336 e. The number of carbonyl (C=O) groups excluding carboxylic acids is 1. The topological polar surface area (TPSA) is 50.9 Å². The zero-order valence-electron chi connectivity index (χ0n) is 19.1. The largest absolute Gasteiger partial charge is 0.336 e. The Bertz CT molecular complexity index is 592. The maximum absolute atomic E-state index is 12.4. The van der Waals surface area contributed by atoms with Gasteiger partial charge in [-0.3, -0.25) is 4.90 Å². The molecule has 1 heterocycles. The summed E-state index contributed by atoms with van der Waals surface area (Å²) in [5.74, 6) is 0.504. The molecule has 2 rings (SSSR count). The number of amides is 2. The molecule has 0 aromatic heterocycles. The van der Waals surface area contributed by atoms with Gasteiger partial charge in [0.1, 0.15) is 0 Å². The highest BCUT2D eigenvalue weighted by Crippen LogP contribution is 2.14. The van der Waals surface area contributed by atoms with Gasteiger partial charge in [-0.2, -0.15) is 0 Å². The van der Waals surface area contributed by atoms with E-state index in [4.69, 9.17) is 0 Å². The Morgan fingerprint density at radius 1 is 1.07 bits per heavy atom. The van der Waals surface area contributed by atoms with Crippen molar-refractivity contribution < 1.29 is 4.79 Å². The fourth-order valence-electron chi connectivity index (χ4n) is 3.89. The summed E-state index contributed by atoms with van der Waals surface area (Å²) < 4.78 is 0. The van der Waals surface area contributed by atoms with E-state index in [0.29, 0.717) is 18.5 Å². The highest BCUT2D eigenvalue weighted by atomic mass is 16.2. The van der Waals surface area contributed by atoms with Gasteiger partial charge in [-0.1, -0.05) is 39.8 Å². The molecule has 0 aliphatic carbocycles. The van der Waals surface area contributed by atoms with Crippen molar-refractivity contribution in [2.45, 2.75) is 40.2 Å². The monoisotopic (exact) mass is 403 g/mol. The molecule has 0 radical (unpaired) electrons. The van der Waals surface area contributed by atoms with Crippen LogP contribution in [0.4, 0.5) is 10.5 Å². The second kappa shape index (κ2) is 12.2. The van der Waals surface area contributed by atoms with E-state index in [2.05, 4.69) is 72.2 Å². The highest BCUT2D eigenvalue weighted by Gasteiger charge is 2.25. The molecule has 1 aliphatic heterocycles. The van der Waals surface area contributed by atoms with Crippen LogP contribution in [0.5, 0.6) is 0 Å². The van der Waals surface area contributed by atoms with Gasteiger partial charge >= 0.3 is 6.03 Å². The lowest BCUT2D eigenvalue weighted by Crippen LogP contribution is -2.54. The van der Waals surface area contributed by atoms with Gasteiger partial charge in [-0.05, 0) is 50.2 Å². The number of carbonyl (C=O) groups is 1. The second-order valence-corrected chi connectivity index (χ2v) is 8.46. The van der Waals surface area contributed by atoms with Crippen molar-refractivity contribution >= 4 is 11.7 Å². The van der Waals surface area contributed by atoms with Crippen molar-refractivity contribution in [3.8, 4) is 0 Å². The van der Waals surface area contributed by atoms with Crippen molar-refractivity contribution in [1.29, 1.82) is 0 Å². The molecule has 2 N–H and O–H groups in total. The van der Waals surface area contributed by atoms with Crippen molar-refractivity contribution in [2.24, 2.45) is 5.92 Å². The molecule has 164 valence electrons. The summed E-state index contributed by atoms with van der Waals surface area (Å²) in [7, 11) is 2.17. The van der Waals surface area contributed by atoms with Crippen LogP contribution >= 0.6 is 0 Å². The SMILES string of the molecule is CCN(CC)CCc1ccc(NC(=O)NC[C@@H](C(C)C)N2CCN(C)CC2)cc1. The molecule has 0 saturated carbocycles. The molecular weight excluding hydrogens is 362 g/mol. The van der Waals surface area contributed by atoms with E-state index in [0.717, 1.165) is 57.9 Å².